The van der Waals surface area contributed by atoms with Crippen LogP contribution in [0.3, 0.4) is 0 Å². The second-order valence-electron chi connectivity index (χ2n) is 5.69. The fourth-order valence-corrected chi connectivity index (χ4v) is 2.81. The summed E-state index contributed by atoms with van der Waals surface area (Å²) < 4.78 is 37.6. The monoisotopic (exact) mass is 343 g/mol. The van der Waals surface area contributed by atoms with Crippen LogP contribution in [-0.4, -0.2) is 36.5 Å². The van der Waals surface area contributed by atoms with Crippen LogP contribution in [0.1, 0.15) is 0 Å². The van der Waals surface area contributed by atoms with Gasteiger partial charge in [-0.2, -0.15) is 5.10 Å². The van der Waals surface area contributed by atoms with E-state index in [0.29, 0.717) is 19.0 Å². The average Bonchev–Trinajstić information content (AvgIpc) is 2.64. The van der Waals surface area contributed by atoms with Gasteiger partial charge in [-0.3, -0.25) is 0 Å². The molecule has 2 aromatic carbocycles. The Labute approximate surface area is 142 Å². The van der Waals surface area contributed by atoms with E-state index in [0.717, 1.165) is 41.8 Å². The van der Waals surface area contributed by atoms with Gasteiger partial charge in [-0.1, -0.05) is 0 Å². The number of benzene rings is 2. The van der Waals surface area contributed by atoms with Crippen LogP contribution in [0.25, 0.3) is 10.8 Å². The van der Waals surface area contributed by atoms with E-state index >= 15 is 0 Å². The molecular formula is C18H15F2N3O2. The van der Waals surface area contributed by atoms with Crippen LogP contribution in [0.5, 0.6) is 11.5 Å². The second-order valence-corrected chi connectivity index (χ2v) is 5.69. The summed E-state index contributed by atoms with van der Waals surface area (Å²) in [7, 11) is 0. The summed E-state index contributed by atoms with van der Waals surface area (Å²) in [5.41, 5.74) is 0. The summed E-state index contributed by atoms with van der Waals surface area (Å²) >= 11 is 0. The van der Waals surface area contributed by atoms with Crippen molar-refractivity contribution < 1.29 is 18.3 Å². The third-order valence-electron chi connectivity index (χ3n) is 4.05. The Morgan fingerprint density at radius 2 is 1.88 bits per heavy atom. The van der Waals surface area contributed by atoms with E-state index in [1.807, 2.05) is 6.07 Å². The minimum Gasteiger partial charge on any atom is -0.454 e. The molecule has 0 bridgehead atoms. The van der Waals surface area contributed by atoms with Gasteiger partial charge in [0.2, 0.25) is 0 Å². The number of halogens is 2. The van der Waals surface area contributed by atoms with Gasteiger partial charge in [-0.15, -0.1) is 5.10 Å². The molecule has 3 aromatic rings. The molecule has 4 rings (SSSR count). The Hall–Kier alpha value is -2.80. The molecule has 1 aromatic heterocycles. The Morgan fingerprint density at radius 3 is 2.68 bits per heavy atom. The highest BCUT2D eigenvalue weighted by molar-refractivity contribution is 5.92. The predicted molar refractivity (Wildman–Crippen MR) is 89.0 cm³/mol. The summed E-state index contributed by atoms with van der Waals surface area (Å²) in [5, 5.41) is 10.1. The molecule has 0 radical (unpaired) electrons. The Balaban J connectivity index is 1.66. The van der Waals surface area contributed by atoms with Gasteiger partial charge >= 0.3 is 0 Å². The van der Waals surface area contributed by atoms with Crippen molar-refractivity contribution in [1.82, 2.24) is 10.2 Å². The highest BCUT2D eigenvalue weighted by Gasteiger charge is 2.16. The number of anilines is 1. The van der Waals surface area contributed by atoms with E-state index in [2.05, 4.69) is 15.1 Å². The normalized spacial score (nSPS) is 14.7. The van der Waals surface area contributed by atoms with E-state index in [-0.39, 0.29) is 5.75 Å². The molecule has 0 unspecified atom stereocenters. The third-order valence-corrected chi connectivity index (χ3v) is 4.05. The minimum atomic E-state index is -0.748. The number of ether oxygens (including phenoxy) is 2. The fraction of sp³-hybridized carbons (Fsp3) is 0.222. The zero-order valence-electron chi connectivity index (χ0n) is 13.3. The van der Waals surface area contributed by atoms with Crippen molar-refractivity contribution in [3.8, 4) is 11.5 Å². The molecule has 5 nitrogen and oxygen atoms in total. The topological polar surface area (TPSA) is 47.5 Å². The molecule has 0 saturated carbocycles. The van der Waals surface area contributed by atoms with E-state index in [1.54, 1.807) is 18.3 Å². The smallest absolute Gasteiger partial charge is 0.168 e. The SMILES string of the molecule is Fc1ccc(Oc2ccc3c(N4CCOCC4)nncc3c2)c(F)c1. The van der Waals surface area contributed by atoms with Crippen molar-refractivity contribution in [2.75, 3.05) is 31.2 Å². The molecule has 0 atom stereocenters. The maximum atomic E-state index is 13.8. The summed E-state index contributed by atoms with van der Waals surface area (Å²) in [6.07, 6.45) is 1.63. The van der Waals surface area contributed by atoms with Crippen LogP contribution in [0.2, 0.25) is 0 Å². The Kier molecular flexibility index (Phi) is 4.15. The number of nitrogens with zero attached hydrogens (tertiary/aromatic N) is 3. The van der Waals surface area contributed by atoms with Crippen LogP contribution in [0.4, 0.5) is 14.6 Å². The largest absolute Gasteiger partial charge is 0.454 e. The van der Waals surface area contributed by atoms with E-state index in [4.69, 9.17) is 9.47 Å². The lowest BCUT2D eigenvalue weighted by molar-refractivity contribution is 0.122. The van der Waals surface area contributed by atoms with Gasteiger partial charge in [0.15, 0.2) is 17.4 Å². The molecule has 1 aliphatic rings. The van der Waals surface area contributed by atoms with Crippen LogP contribution < -0.4 is 9.64 Å². The molecule has 7 heteroatoms. The summed E-state index contributed by atoms with van der Waals surface area (Å²) in [4.78, 5) is 2.12. The number of rotatable bonds is 3. The zero-order chi connectivity index (χ0) is 17.2. The molecule has 1 saturated heterocycles. The van der Waals surface area contributed by atoms with Crippen LogP contribution >= 0.6 is 0 Å². The van der Waals surface area contributed by atoms with Crippen molar-refractivity contribution >= 4 is 16.6 Å². The first-order chi connectivity index (χ1) is 12.2. The van der Waals surface area contributed by atoms with Crippen molar-refractivity contribution in [1.29, 1.82) is 0 Å². The van der Waals surface area contributed by atoms with Gasteiger partial charge in [-0.25, -0.2) is 8.78 Å². The van der Waals surface area contributed by atoms with Crippen molar-refractivity contribution in [2.45, 2.75) is 0 Å². The number of hydrogen-bond donors (Lipinski definition) is 0. The molecule has 1 aliphatic heterocycles. The van der Waals surface area contributed by atoms with Gasteiger partial charge in [0.05, 0.1) is 19.4 Å². The van der Waals surface area contributed by atoms with Gasteiger partial charge in [0.1, 0.15) is 11.6 Å². The summed E-state index contributed by atoms with van der Waals surface area (Å²) in [6, 6.07) is 8.57. The van der Waals surface area contributed by atoms with E-state index < -0.39 is 11.6 Å². The lowest BCUT2D eigenvalue weighted by atomic mass is 10.1. The van der Waals surface area contributed by atoms with Gasteiger partial charge in [-0.05, 0) is 30.3 Å². The van der Waals surface area contributed by atoms with Crippen molar-refractivity contribution in [3.05, 3.63) is 54.2 Å². The van der Waals surface area contributed by atoms with Crippen molar-refractivity contribution in [3.63, 3.8) is 0 Å². The molecule has 1 fully saturated rings. The van der Waals surface area contributed by atoms with E-state index in [1.165, 1.54) is 6.07 Å². The Morgan fingerprint density at radius 1 is 1.04 bits per heavy atom. The number of morpholine rings is 1. The van der Waals surface area contributed by atoms with Gasteiger partial charge in [0.25, 0.3) is 0 Å². The first-order valence-corrected chi connectivity index (χ1v) is 7.92. The second kappa shape index (κ2) is 6.60. The molecule has 2 heterocycles. The first kappa shape index (κ1) is 15.7. The van der Waals surface area contributed by atoms with Gasteiger partial charge in [0, 0.05) is 29.9 Å². The molecule has 0 amide bonds. The van der Waals surface area contributed by atoms with Gasteiger partial charge < -0.3 is 14.4 Å². The molecule has 0 aliphatic carbocycles. The molecule has 25 heavy (non-hydrogen) atoms. The van der Waals surface area contributed by atoms with E-state index in [9.17, 15) is 8.78 Å². The molecule has 0 N–H and O–H groups in total. The lowest BCUT2D eigenvalue weighted by Gasteiger charge is -2.28. The van der Waals surface area contributed by atoms with Crippen LogP contribution in [-0.2, 0) is 4.74 Å². The number of hydrogen-bond acceptors (Lipinski definition) is 5. The summed E-state index contributed by atoms with van der Waals surface area (Å²) in [6.45, 7) is 2.83. The maximum Gasteiger partial charge on any atom is 0.168 e. The summed E-state index contributed by atoms with van der Waals surface area (Å²) in [5.74, 6) is -0.189. The maximum absolute atomic E-state index is 13.8. The van der Waals surface area contributed by atoms with Crippen LogP contribution in [0.15, 0.2) is 42.6 Å². The molecular weight excluding hydrogens is 328 g/mol. The zero-order valence-corrected chi connectivity index (χ0v) is 13.3. The highest BCUT2D eigenvalue weighted by Crippen LogP contribution is 2.30. The molecule has 0 spiro atoms. The Bertz CT molecular complexity index is 914. The van der Waals surface area contributed by atoms with Crippen LogP contribution in [0, 0.1) is 11.6 Å². The predicted octanol–water partition coefficient (Wildman–Crippen LogP) is 3.54. The van der Waals surface area contributed by atoms with Crippen molar-refractivity contribution in [2.24, 2.45) is 0 Å². The third kappa shape index (κ3) is 3.23. The molecule has 128 valence electrons. The minimum absolute atomic E-state index is 0.0313. The number of aromatic nitrogens is 2. The first-order valence-electron chi connectivity index (χ1n) is 7.92. The average molecular weight is 343 g/mol. The fourth-order valence-electron chi connectivity index (χ4n) is 2.81. The standard InChI is InChI=1S/C18H15F2N3O2/c19-13-1-4-17(16(20)10-13)25-14-2-3-15-12(9-14)11-21-22-18(15)23-5-7-24-8-6-23/h1-4,9-11H,5-8H2. The quantitative estimate of drug-likeness (QED) is 0.728. The number of fused-ring (bicyclic) bond motifs is 1. The lowest BCUT2D eigenvalue weighted by Crippen LogP contribution is -2.37. The highest BCUT2D eigenvalue weighted by atomic mass is 19.1.